The van der Waals surface area contributed by atoms with Gasteiger partial charge in [-0.1, -0.05) is 11.6 Å². The summed E-state index contributed by atoms with van der Waals surface area (Å²) in [5.74, 6) is -1.07. The van der Waals surface area contributed by atoms with Crippen LogP contribution in [0.25, 0.3) is 0 Å². The highest BCUT2D eigenvalue weighted by Gasteiger charge is 2.14. The van der Waals surface area contributed by atoms with Crippen LogP contribution in [0.3, 0.4) is 0 Å². The van der Waals surface area contributed by atoms with E-state index < -0.39 is 11.7 Å². The number of hydrogen-bond donors (Lipinski definition) is 2. The van der Waals surface area contributed by atoms with Crippen molar-refractivity contribution in [2.24, 2.45) is 0 Å². The lowest BCUT2D eigenvalue weighted by atomic mass is 10.1. The second-order valence-electron chi connectivity index (χ2n) is 3.77. The average molecular weight is 276 g/mol. The first-order valence-corrected chi connectivity index (χ1v) is 5.82. The third kappa shape index (κ3) is 4.25. The maximum atomic E-state index is 13.2. The minimum atomic E-state index is -0.644. The lowest BCUT2D eigenvalue weighted by Gasteiger charge is -2.16. The van der Waals surface area contributed by atoms with E-state index in [2.05, 4.69) is 5.32 Å². The Morgan fingerprint density at radius 1 is 1.61 bits per heavy atom. The number of aliphatic hydroxyl groups excluding tert-OH is 1. The summed E-state index contributed by atoms with van der Waals surface area (Å²) >= 11 is 5.53. The largest absolute Gasteiger partial charge is 0.396 e. The average Bonchev–Trinajstić information content (AvgIpc) is 2.33. The number of rotatable bonds is 6. The molecule has 4 nitrogen and oxygen atoms in total. The van der Waals surface area contributed by atoms with Crippen molar-refractivity contribution in [2.45, 2.75) is 12.5 Å². The molecule has 0 bridgehead atoms. The van der Waals surface area contributed by atoms with Crippen LogP contribution in [-0.2, 0) is 4.74 Å². The normalized spacial score (nSPS) is 12.2. The first-order valence-electron chi connectivity index (χ1n) is 5.44. The first-order chi connectivity index (χ1) is 8.58. The number of methoxy groups -OCH3 is 1. The maximum absolute atomic E-state index is 13.2. The molecule has 0 spiro atoms. The molecule has 1 aromatic carbocycles. The van der Waals surface area contributed by atoms with Crippen LogP contribution in [0.4, 0.5) is 4.39 Å². The van der Waals surface area contributed by atoms with E-state index in [1.807, 2.05) is 0 Å². The van der Waals surface area contributed by atoms with Gasteiger partial charge in [0.25, 0.3) is 5.91 Å². The van der Waals surface area contributed by atoms with Crippen LogP contribution >= 0.6 is 11.6 Å². The molecule has 1 aromatic rings. The highest BCUT2D eigenvalue weighted by atomic mass is 35.5. The van der Waals surface area contributed by atoms with Gasteiger partial charge in [-0.15, -0.1) is 0 Å². The first kappa shape index (κ1) is 14.9. The fourth-order valence-corrected chi connectivity index (χ4v) is 1.58. The van der Waals surface area contributed by atoms with E-state index in [0.29, 0.717) is 6.42 Å². The molecule has 0 aromatic heterocycles. The highest BCUT2D eigenvalue weighted by Crippen LogP contribution is 2.15. The number of nitrogens with one attached hydrogen (secondary N) is 1. The molecule has 1 rings (SSSR count). The molecule has 1 unspecified atom stereocenters. The zero-order valence-electron chi connectivity index (χ0n) is 9.95. The zero-order valence-corrected chi connectivity index (χ0v) is 10.7. The summed E-state index contributed by atoms with van der Waals surface area (Å²) in [6.07, 6.45) is 0.371. The van der Waals surface area contributed by atoms with Crippen molar-refractivity contribution in [1.82, 2.24) is 5.32 Å². The Kier molecular flexibility index (Phi) is 6.04. The molecule has 1 amide bonds. The van der Waals surface area contributed by atoms with Crippen molar-refractivity contribution in [3.63, 3.8) is 0 Å². The fraction of sp³-hybridized carbons (Fsp3) is 0.417. The molecule has 0 saturated carbocycles. The van der Waals surface area contributed by atoms with Gasteiger partial charge in [-0.2, -0.15) is 0 Å². The zero-order chi connectivity index (χ0) is 13.5. The van der Waals surface area contributed by atoms with Gasteiger partial charge in [-0.25, -0.2) is 4.39 Å². The molecule has 0 aliphatic heterocycles. The van der Waals surface area contributed by atoms with Crippen LogP contribution in [0.1, 0.15) is 16.8 Å². The molecule has 2 N–H and O–H groups in total. The number of carbonyl (C=O) groups is 1. The quantitative estimate of drug-likeness (QED) is 0.829. The van der Waals surface area contributed by atoms with E-state index >= 15 is 0 Å². The van der Waals surface area contributed by atoms with Gasteiger partial charge < -0.3 is 15.2 Å². The minimum absolute atomic E-state index is 0.0321. The minimum Gasteiger partial charge on any atom is -0.396 e. The number of carbonyl (C=O) groups excluding carboxylic acids is 1. The lowest BCUT2D eigenvalue weighted by Crippen LogP contribution is -2.38. The molecule has 1 atom stereocenters. The van der Waals surface area contributed by atoms with Crippen LogP contribution in [0.15, 0.2) is 18.2 Å². The van der Waals surface area contributed by atoms with E-state index in [1.165, 1.54) is 19.2 Å². The Balaban J connectivity index is 2.70. The Morgan fingerprint density at radius 2 is 2.33 bits per heavy atom. The second-order valence-corrected chi connectivity index (χ2v) is 4.17. The summed E-state index contributed by atoms with van der Waals surface area (Å²) in [4.78, 5) is 11.8. The van der Waals surface area contributed by atoms with Crippen molar-refractivity contribution in [3.8, 4) is 0 Å². The SMILES string of the molecule is COCC(CCO)NC(=O)c1ccc(Cl)c(F)c1. The molecule has 0 heterocycles. The van der Waals surface area contributed by atoms with Crippen LogP contribution in [-0.4, -0.2) is 37.4 Å². The second kappa shape index (κ2) is 7.31. The number of amides is 1. The van der Waals surface area contributed by atoms with Crippen molar-refractivity contribution >= 4 is 17.5 Å². The number of halogens is 2. The third-order valence-corrected chi connectivity index (χ3v) is 2.67. The van der Waals surface area contributed by atoms with Crippen LogP contribution in [0.5, 0.6) is 0 Å². The summed E-state index contributed by atoms with van der Waals surface area (Å²) in [7, 11) is 1.50. The molecule has 100 valence electrons. The monoisotopic (exact) mass is 275 g/mol. The van der Waals surface area contributed by atoms with E-state index in [-0.39, 0.29) is 29.8 Å². The van der Waals surface area contributed by atoms with Gasteiger partial charge in [0, 0.05) is 19.3 Å². The number of benzene rings is 1. The van der Waals surface area contributed by atoms with Crippen molar-refractivity contribution < 1.29 is 19.0 Å². The van der Waals surface area contributed by atoms with Crippen LogP contribution in [0, 0.1) is 5.82 Å². The molecule has 0 aliphatic rings. The summed E-state index contributed by atoms with van der Waals surface area (Å²) in [5.41, 5.74) is 0.177. The van der Waals surface area contributed by atoms with E-state index in [9.17, 15) is 9.18 Å². The Hall–Kier alpha value is -1.17. The third-order valence-electron chi connectivity index (χ3n) is 2.36. The van der Waals surface area contributed by atoms with E-state index in [0.717, 1.165) is 6.07 Å². The van der Waals surface area contributed by atoms with Gasteiger partial charge >= 0.3 is 0 Å². The van der Waals surface area contributed by atoms with Crippen molar-refractivity contribution in [3.05, 3.63) is 34.6 Å². The van der Waals surface area contributed by atoms with Gasteiger partial charge in [-0.05, 0) is 24.6 Å². The van der Waals surface area contributed by atoms with E-state index in [4.69, 9.17) is 21.4 Å². The van der Waals surface area contributed by atoms with Gasteiger partial charge in [-0.3, -0.25) is 4.79 Å². The molecule has 18 heavy (non-hydrogen) atoms. The molecule has 0 aliphatic carbocycles. The van der Waals surface area contributed by atoms with Gasteiger partial charge in [0.2, 0.25) is 0 Å². The number of ether oxygens (including phenoxy) is 1. The predicted molar refractivity (Wildman–Crippen MR) is 66.2 cm³/mol. The molecule has 0 fully saturated rings. The van der Waals surface area contributed by atoms with Crippen molar-refractivity contribution in [1.29, 1.82) is 0 Å². The molecular weight excluding hydrogens is 261 g/mol. The maximum Gasteiger partial charge on any atom is 0.251 e. The molecular formula is C12H15ClFNO3. The number of hydrogen-bond acceptors (Lipinski definition) is 3. The predicted octanol–water partition coefficient (Wildman–Crippen LogP) is 1.61. The highest BCUT2D eigenvalue weighted by molar-refractivity contribution is 6.30. The summed E-state index contributed by atoms with van der Waals surface area (Å²) in [6, 6.07) is 3.51. The summed E-state index contributed by atoms with van der Waals surface area (Å²) in [6.45, 7) is 0.214. The standard InChI is InChI=1S/C12H15ClFNO3/c1-18-7-9(4-5-16)15-12(17)8-2-3-10(13)11(14)6-8/h2-3,6,9,16H,4-5,7H2,1H3,(H,15,17). The Bertz CT molecular complexity index is 408. The fourth-order valence-electron chi connectivity index (χ4n) is 1.46. The van der Waals surface area contributed by atoms with Gasteiger partial charge in [0.1, 0.15) is 5.82 Å². The Labute approximate surface area is 110 Å². The summed E-state index contributed by atoms with van der Waals surface area (Å²) in [5, 5.41) is 11.5. The van der Waals surface area contributed by atoms with E-state index in [1.54, 1.807) is 0 Å². The lowest BCUT2D eigenvalue weighted by molar-refractivity contribution is 0.0878. The van der Waals surface area contributed by atoms with Gasteiger partial charge in [0.15, 0.2) is 0 Å². The summed E-state index contributed by atoms with van der Waals surface area (Å²) < 4.78 is 18.1. The number of aliphatic hydroxyl groups is 1. The smallest absolute Gasteiger partial charge is 0.251 e. The molecule has 6 heteroatoms. The van der Waals surface area contributed by atoms with Crippen LogP contribution in [0.2, 0.25) is 5.02 Å². The van der Waals surface area contributed by atoms with Crippen LogP contribution < -0.4 is 5.32 Å². The Morgan fingerprint density at radius 3 is 2.89 bits per heavy atom. The van der Waals surface area contributed by atoms with Crippen molar-refractivity contribution in [2.75, 3.05) is 20.3 Å². The molecule has 0 radical (unpaired) electrons. The molecule has 0 saturated heterocycles. The van der Waals surface area contributed by atoms with Gasteiger partial charge in [0.05, 0.1) is 17.7 Å². The topological polar surface area (TPSA) is 58.6 Å².